The van der Waals surface area contributed by atoms with Crippen molar-refractivity contribution >= 4 is 52.0 Å². The first-order valence-electron chi connectivity index (χ1n) is 14.1. The Morgan fingerprint density at radius 2 is 0.548 bits per heavy atom. The van der Waals surface area contributed by atoms with Gasteiger partial charge < -0.3 is 0 Å². The number of benzene rings is 3. The Kier molecular flexibility index (Phi) is 6.36. The largest absolute Gasteiger partial charge is 0.279 e. The van der Waals surface area contributed by atoms with E-state index >= 15 is 0 Å². The molecule has 0 atom stereocenters. The van der Waals surface area contributed by atoms with E-state index in [0.717, 1.165) is 68.7 Å². The molecular weight excluding hydrogens is 516 g/mol. The van der Waals surface area contributed by atoms with Crippen LogP contribution >= 0.6 is 0 Å². The maximum atomic E-state index is 5.28. The molecule has 4 heterocycles. The third-order valence-corrected chi connectivity index (χ3v) is 7.25. The average Bonchev–Trinajstić information content (AvgIpc) is 2.98. The summed E-state index contributed by atoms with van der Waals surface area (Å²) in [4.78, 5) is 22.2. The topological polar surface area (TPSA) is 48.4 Å². The molecule has 6 aromatic rings. The van der Waals surface area contributed by atoms with Crippen molar-refractivity contribution in [2.75, 3.05) is 14.7 Å². The average molecular weight is 547 g/mol. The van der Waals surface area contributed by atoms with Crippen molar-refractivity contribution in [2.24, 2.45) is 0 Å². The molecule has 0 radical (unpaired) electrons. The maximum Gasteiger partial charge on any atom is 0.141 e. The summed E-state index contributed by atoms with van der Waals surface area (Å²) in [6.07, 6.45) is 0. The summed E-state index contributed by atoms with van der Waals surface area (Å²) >= 11 is 0. The lowest BCUT2D eigenvalue weighted by Gasteiger charge is -2.31. The van der Waals surface area contributed by atoms with Crippen LogP contribution in [0.15, 0.2) is 127 Å². The van der Waals surface area contributed by atoms with Crippen LogP contribution in [0, 0.1) is 20.8 Å². The van der Waals surface area contributed by atoms with E-state index in [-0.39, 0.29) is 0 Å². The highest BCUT2D eigenvalue weighted by molar-refractivity contribution is 5.82. The number of para-hydroxylation sites is 3. The summed E-state index contributed by atoms with van der Waals surface area (Å²) < 4.78 is 0. The molecule has 0 N–H and O–H groups in total. The number of anilines is 9. The zero-order chi connectivity index (χ0) is 28.6. The van der Waals surface area contributed by atoms with E-state index in [9.17, 15) is 0 Å². The van der Waals surface area contributed by atoms with Crippen LogP contribution in [0.25, 0.3) is 0 Å². The van der Waals surface area contributed by atoms with E-state index in [2.05, 4.69) is 108 Å². The van der Waals surface area contributed by atoms with Gasteiger partial charge in [-0.2, -0.15) is 0 Å². The lowest BCUT2D eigenvalue weighted by atomic mass is 10.1. The van der Waals surface area contributed by atoms with Gasteiger partial charge in [-0.15, -0.1) is 0 Å². The molecule has 6 heteroatoms. The summed E-state index contributed by atoms with van der Waals surface area (Å²) in [7, 11) is 0. The Hall–Kier alpha value is -5.49. The summed E-state index contributed by atoms with van der Waals surface area (Å²) in [5.74, 6) is 4.67. The second-order valence-electron chi connectivity index (χ2n) is 10.6. The molecule has 3 aromatic heterocycles. The molecular formula is C36H30N6. The van der Waals surface area contributed by atoms with E-state index in [1.807, 2.05) is 54.6 Å². The van der Waals surface area contributed by atoms with Gasteiger partial charge in [0.15, 0.2) is 0 Å². The fourth-order valence-corrected chi connectivity index (χ4v) is 5.46. The first kappa shape index (κ1) is 25.5. The number of aromatic nitrogens is 3. The molecule has 0 saturated carbocycles. The zero-order valence-electron chi connectivity index (χ0n) is 23.8. The molecule has 3 aromatic carbocycles. The molecule has 0 amide bonds. The van der Waals surface area contributed by atoms with Crippen LogP contribution in [-0.4, -0.2) is 15.0 Å². The molecule has 42 heavy (non-hydrogen) atoms. The standard InChI is InChI=1S/C36H30N6/c1-25-19-31-37-32(20-25)41(29-15-9-5-10-16-29)34-22-27(3)24-36(39-34)42(30-17-11-6-12-18-30)35-23-26(2)21-33(38-35)40(31)28-13-7-4-8-14-28/h4-24H,1-3H3. The Bertz CT molecular complexity index is 1590. The third-order valence-electron chi connectivity index (χ3n) is 7.25. The third kappa shape index (κ3) is 4.73. The van der Waals surface area contributed by atoms with Crippen LogP contribution < -0.4 is 14.7 Å². The number of fused-ring (bicyclic) bond motifs is 6. The van der Waals surface area contributed by atoms with Gasteiger partial charge in [0.2, 0.25) is 0 Å². The summed E-state index contributed by atoms with van der Waals surface area (Å²) in [6, 6.07) is 43.6. The number of hydrogen-bond donors (Lipinski definition) is 0. The molecule has 6 nitrogen and oxygen atoms in total. The summed E-state index contributed by atoms with van der Waals surface area (Å²) in [6.45, 7) is 6.32. The first-order valence-corrected chi connectivity index (χ1v) is 14.1. The van der Waals surface area contributed by atoms with Crippen LogP contribution in [0.5, 0.6) is 0 Å². The highest BCUT2D eigenvalue weighted by atomic mass is 15.3. The van der Waals surface area contributed by atoms with E-state index in [1.165, 1.54) is 0 Å². The van der Waals surface area contributed by atoms with E-state index in [4.69, 9.17) is 15.0 Å². The minimum atomic E-state index is 0.779. The summed E-state index contributed by atoms with van der Waals surface area (Å²) in [5, 5.41) is 0. The maximum absolute atomic E-state index is 5.28. The molecule has 0 saturated heterocycles. The van der Waals surface area contributed by atoms with Gasteiger partial charge in [-0.3, -0.25) is 14.7 Å². The lowest BCUT2D eigenvalue weighted by Crippen LogP contribution is -2.21. The normalized spacial score (nSPS) is 12.5. The Morgan fingerprint density at radius 3 is 0.762 bits per heavy atom. The van der Waals surface area contributed by atoms with Crippen LogP contribution in [0.3, 0.4) is 0 Å². The minimum Gasteiger partial charge on any atom is -0.279 e. The second kappa shape index (κ2) is 10.5. The highest BCUT2D eigenvalue weighted by Gasteiger charge is 2.25. The van der Waals surface area contributed by atoms with Gasteiger partial charge in [0.25, 0.3) is 0 Å². The molecule has 0 unspecified atom stereocenters. The van der Waals surface area contributed by atoms with Gasteiger partial charge in [-0.1, -0.05) is 54.6 Å². The number of aryl methyl sites for hydroxylation is 3. The smallest absolute Gasteiger partial charge is 0.141 e. The van der Waals surface area contributed by atoms with Gasteiger partial charge in [0.05, 0.1) is 0 Å². The monoisotopic (exact) mass is 546 g/mol. The van der Waals surface area contributed by atoms with Crippen molar-refractivity contribution in [1.29, 1.82) is 0 Å². The van der Waals surface area contributed by atoms with E-state index in [1.54, 1.807) is 0 Å². The molecule has 1 aliphatic rings. The molecule has 0 spiro atoms. The minimum absolute atomic E-state index is 0.779. The van der Waals surface area contributed by atoms with E-state index < -0.39 is 0 Å². The quantitative estimate of drug-likeness (QED) is 0.220. The molecule has 1 aliphatic heterocycles. The molecule has 7 rings (SSSR count). The number of pyridine rings is 3. The van der Waals surface area contributed by atoms with Crippen molar-refractivity contribution in [3.05, 3.63) is 144 Å². The van der Waals surface area contributed by atoms with Crippen LogP contribution in [0.4, 0.5) is 52.0 Å². The van der Waals surface area contributed by atoms with E-state index in [0.29, 0.717) is 0 Å². The van der Waals surface area contributed by atoms with Gasteiger partial charge in [-0.05, 0) is 110 Å². The fraction of sp³-hybridized carbons (Fsp3) is 0.0833. The number of hydrogen-bond acceptors (Lipinski definition) is 6. The Balaban J connectivity index is 1.60. The van der Waals surface area contributed by atoms with Gasteiger partial charge in [0, 0.05) is 17.1 Å². The van der Waals surface area contributed by atoms with Crippen molar-refractivity contribution in [3.8, 4) is 0 Å². The highest BCUT2D eigenvalue weighted by Crippen LogP contribution is 2.42. The number of rotatable bonds is 3. The van der Waals surface area contributed by atoms with Crippen LogP contribution in [-0.2, 0) is 0 Å². The molecule has 6 bridgehead atoms. The van der Waals surface area contributed by atoms with Gasteiger partial charge in [-0.25, -0.2) is 15.0 Å². The zero-order valence-corrected chi connectivity index (χ0v) is 23.8. The van der Waals surface area contributed by atoms with Crippen LogP contribution in [0.1, 0.15) is 16.7 Å². The van der Waals surface area contributed by atoms with Gasteiger partial charge >= 0.3 is 0 Å². The molecule has 0 fully saturated rings. The summed E-state index contributed by atoms with van der Waals surface area (Å²) in [5.41, 5.74) is 6.19. The van der Waals surface area contributed by atoms with Crippen LogP contribution in [0.2, 0.25) is 0 Å². The van der Waals surface area contributed by atoms with Gasteiger partial charge in [0.1, 0.15) is 34.9 Å². The van der Waals surface area contributed by atoms with Crippen molar-refractivity contribution in [2.45, 2.75) is 20.8 Å². The first-order chi connectivity index (χ1) is 20.5. The molecule has 0 aliphatic carbocycles. The SMILES string of the molecule is Cc1cc2nc(c1)N(c1ccccc1)c1cc(C)cc(n1)N(c1ccccc1)c1cc(C)cc(n1)N2c1ccccc1. The predicted molar refractivity (Wildman–Crippen MR) is 172 cm³/mol. The predicted octanol–water partition coefficient (Wildman–Crippen LogP) is 9.52. The second-order valence-corrected chi connectivity index (χ2v) is 10.6. The Morgan fingerprint density at radius 1 is 0.333 bits per heavy atom. The molecule has 204 valence electrons. The van der Waals surface area contributed by atoms with Crippen molar-refractivity contribution in [1.82, 2.24) is 15.0 Å². The Labute approximate surface area is 246 Å². The van der Waals surface area contributed by atoms with Crippen molar-refractivity contribution in [3.63, 3.8) is 0 Å². The fourth-order valence-electron chi connectivity index (χ4n) is 5.46. The van der Waals surface area contributed by atoms with Crippen molar-refractivity contribution < 1.29 is 0 Å². The lowest BCUT2D eigenvalue weighted by molar-refractivity contribution is 1.03. The number of nitrogens with zero attached hydrogens (tertiary/aromatic N) is 6.